The highest BCUT2D eigenvalue weighted by Crippen LogP contribution is 2.49. The summed E-state index contributed by atoms with van der Waals surface area (Å²) in [7, 11) is 0. The fraction of sp³-hybridized carbons (Fsp3) is 0. The maximum absolute atomic E-state index is 6.13. The number of pyridine rings is 1. The molecule has 3 heterocycles. The molecule has 6 aromatic carbocycles. The van der Waals surface area contributed by atoms with Gasteiger partial charge in [-0.3, -0.25) is 4.98 Å². The van der Waals surface area contributed by atoms with Crippen molar-refractivity contribution < 1.29 is 4.42 Å². The number of hydrogen-bond donors (Lipinski definition) is 0. The second-order valence-corrected chi connectivity index (χ2v) is 11.8. The lowest BCUT2D eigenvalue weighted by molar-refractivity contribution is 0.667. The third kappa shape index (κ3) is 3.97. The molecule has 9 aromatic rings. The Bertz CT molecular complexity index is 2650. The van der Waals surface area contributed by atoms with Gasteiger partial charge in [-0.2, -0.15) is 0 Å². The first-order valence-electron chi connectivity index (χ1n) is 15.6. The Morgan fingerprint density at radius 2 is 0.979 bits per heavy atom. The SMILES string of the molecule is c1ccc(-c2nc(-c3ccc(-c4ccc5c6c(cccc46)-c4ccccc4-5)cc3)nc(-c3cccc4oc5cnccc5c34)n2)cc1. The van der Waals surface area contributed by atoms with Gasteiger partial charge < -0.3 is 4.42 Å². The predicted molar refractivity (Wildman–Crippen MR) is 189 cm³/mol. The smallest absolute Gasteiger partial charge is 0.164 e. The Morgan fingerprint density at radius 3 is 1.79 bits per heavy atom. The van der Waals surface area contributed by atoms with E-state index in [4.69, 9.17) is 19.4 Å². The summed E-state index contributed by atoms with van der Waals surface area (Å²) in [6.45, 7) is 0. The van der Waals surface area contributed by atoms with Crippen LogP contribution in [0.3, 0.4) is 0 Å². The molecule has 0 aliphatic heterocycles. The number of fused-ring (bicyclic) bond motifs is 6. The van der Waals surface area contributed by atoms with Gasteiger partial charge in [0.1, 0.15) is 5.58 Å². The van der Waals surface area contributed by atoms with Crippen LogP contribution < -0.4 is 0 Å². The van der Waals surface area contributed by atoms with Gasteiger partial charge in [0.2, 0.25) is 0 Å². The third-order valence-electron chi connectivity index (χ3n) is 9.21. The molecule has 5 heteroatoms. The summed E-state index contributed by atoms with van der Waals surface area (Å²) in [5.41, 5.74) is 11.8. The van der Waals surface area contributed by atoms with Crippen LogP contribution >= 0.6 is 0 Å². The molecule has 0 amide bonds. The van der Waals surface area contributed by atoms with Crippen LogP contribution in [-0.4, -0.2) is 19.9 Å². The van der Waals surface area contributed by atoms with E-state index in [1.54, 1.807) is 12.4 Å². The number of rotatable bonds is 4. The number of aromatic nitrogens is 4. The van der Waals surface area contributed by atoms with E-state index < -0.39 is 0 Å². The van der Waals surface area contributed by atoms with Gasteiger partial charge in [-0.15, -0.1) is 0 Å². The lowest BCUT2D eigenvalue weighted by atomic mass is 9.94. The first-order valence-corrected chi connectivity index (χ1v) is 15.6. The standard InChI is InChI=1S/C42H24N4O/c1-2-8-26(9-3-1)40-44-41(46-42(45-40)35-14-7-15-36-39(35)34-22-23-43-24-37(34)47-36)27-18-16-25(17-19-27)28-20-21-33-30-11-5-4-10-29(30)32-13-6-12-31(28)38(32)33/h1-24H. The second kappa shape index (κ2) is 10.0. The molecule has 47 heavy (non-hydrogen) atoms. The lowest BCUT2D eigenvalue weighted by Gasteiger charge is -2.11. The van der Waals surface area contributed by atoms with Crippen molar-refractivity contribution in [1.29, 1.82) is 0 Å². The third-order valence-corrected chi connectivity index (χ3v) is 9.21. The van der Waals surface area contributed by atoms with Crippen LogP contribution in [0.2, 0.25) is 0 Å². The highest BCUT2D eigenvalue weighted by atomic mass is 16.3. The van der Waals surface area contributed by atoms with Crippen molar-refractivity contribution >= 4 is 32.7 Å². The van der Waals surface area contributed by atoms with Crippen LogP contribution in [0.1, 0.15) is 0 Å². The minimum absolute atomic E-state index is 0.593. The largest absolute Gasteiger partial charge is 0.454 e. The molecule has 0 atom stereocenters. The van der Waals surface area contributed by atoms with Crippen molar-refractivity contribution in [3.63, 3.8) is 0 Å². The fourth-order valence-electron chi connectivity index (χ4n) is 7.07. The maximum atomic E-state index is 6.13. The summed E-state index contributed by atoms with van der Waals surface area (Å²) in [4.78, 5) is 19.3. The summed E-state index contributed by atoms with van der Waals surface area (Å²) in [6.07, 6.45) is 3.53. The first kappa shape index (κ1) is 25.8. The maximum Gasteiger partial charge on any atom is 0.164 e. The van der Waals surface area contributed by atoms with Crippen LogP contribution in [0.5, 0.6) is 0 Å². The van der Waals surface area contributed by atoms with Gasteiger partial charge in [0.05, 0.1) is 6.20 Å². The Kier molecular flexibility index (Phi) is 5.51. The van der Waals surface area contributed by atoms with Crippen LogP contribution in [0.25, 0.3) is 100 Å². The van der Waals surface area contributed by atoms with E-state index in [-0.39, 0.29) is 0 Å². The molecule has 3 aromatic heterocycles. The molecule has 0 saturated heterocycles. The molecular weight excluding hydrogens is 576 g/mol. The van der Waals surface area contributed by atoms with Crippen molar-refractivity contribution in [2.24, 2.45) is 0 Å². The van der Waals surface area contributed by atoms with Crippen molar-refractivity contribution in [2.45, 2.75) is 0 Å². The number of benzene rings is 6. The molecule has 0 bridgehead atoms. The van der Waals surface area contributed by atoms with E-state index in [0.717, 1.165) is 44.2 Å². The average Bonchev–Trinajstić information content (AvgIpc) is 3.69. The van der Waals surface area contributed by atoms with Crippen molar-refractivity contribution in [3.05, 3.63) is 146 Å². The molecule has 0 radical (unpaired) electrons. The summed E-state index contributed by atoms with van der Waals surface area (Å²) >= 11 is 0. The minimum Gasteiger partial charge on any atom is -0.454 e. The quantitative estimate of drug-likeness (QED) is 0.201. The summed E-state index contributed by atoms with van der Waals surface area (Å²) in [5.74, 6) is 1.83. The normalized spacial score (nSPS) is 11.8. The van der Waals surface area contributed by atoms with Gasteiger partial charge in [-0.1, -0.05) is 121 Å². The average molecular weight is 601 g/mol. The van der Waals surface area contributed by atoms with Gasteiger partial charge in [0.25, 0.3) is 0 Å². The molecule has 218 valence electrons. The van der Waals surface area contributed by atoms with Crippen molar-refractivity contribution in [2.75, 3.05) is 0 Å². The van der Waals surface area contributed by atoms with E-state index in [2.05, 4.69) is 83.8 Å². The Labute approximate surface area is 269 Å². The molecule has 0 saturated carbocycles. The van der Waals surface area contributed by atoms with Gasteiger partial charge in [0.15, 0.2) is 23.1 Å². The predicted octanol–water partition coefficient (Wildman–Crippen LogP) is 10.6. The van der Waals surface area contributed by atoms with Gasteiger partial charge in [-0.05, 0) is 56.3 Å². The molecule has 0 unspecified atom stereocenters. The highest BCUT2D eigenvalue weighted by molar-refractivity contribution is 6.18. The van der Waals surface area contributed by atoms with Gasteiger partial charge in [0, 0.05) is 33.7 Å². The van der Waals surface area contributed by atoms with Crippen LogP contribution in [0.4, 0.5) is 0 Å². The van der Waals surface area contributed by atoms with E-state index in [1.165, 1.54) is 38.6 Å². The molecule has 0 spiro atoms. The molecule has 5 nitrogen and oxygen atoms in total. The summed E-state index contributed by atoms with van der Waals surface area (Å²) < 4.78 is 6.13. The number of hydrogen-bond acceptors (Lipinski definition) is 5. The van der Waals surface area contributed by atoms with Crippen LogP contribution in [-0.2, 0) is 0 Å². The molecular formula is C42H24N4O. The zero-order chi connectivity index (χ0) is 30.9. The lowest BCUT2D eigenvalue weighted by Crippen LogP contribution is -2.00. The Morgan fingerprint density at radius 1 is 0.362 bits per heavy atom. The molecule has 0 fully saturated rings. The highest BCUT2D eigenvalue weighted by Gasteiger charge is 2.22. The van der Waals surface area contributed by atoms with Gasteiger partial charge in [-0.25, -0.2) is 15.0 Å². The molecule has 10 rings (SSSR count). The van der Waals surface area contributed by atoms with Crippen molar-refractivity contribution in [3.8, 4) is 67.5 Å². The molecule has 0 N–H and O–H groups in total. The Hall–Kier alpha value is -6.46. The zero-order valence-corrected chi connectivity index (χ0v) is 25.1. The van der Waals surface area contributed by atoms with Crippen LogP contribution in [0.15, 0.2) is 150 Å². The Balaban J connectivity index is 1.12. The second-order valence-electron chi connectivity index (χ2n) is 11.8. The van der Waals surface area contributed by atoms with E-state index >= 15 is 0 Å². The fourth-order valence-corrected chi connectivity index (χ4v) is 7.07. The molecule has 1 aliphatic carbocycles. The number of nitrogens with zero attached hydrogens (tertiary/aromatic N) is 4. The summed E-state index contributed by atoms with van der Waals surface area (Å²) in [5, 5.41) is 4.52. The zero-order valence-electron chi connectivity index (χ0n) is 25.1. The van der Waals surface area contributed by atoms with Crippen molar-refractivity contribution in [1.82, 2.24) is 19.9 Å². The first-order chi connectivity index (χ1) is 23.3. The van der Waals surface area contributed by atoms with Gasteiger partial charge >= 0.3 is 0 Å². The minimum atomic E-state index is 0.593. The molecule has 1 aliphatic rings. The summed E-state index contributed by atoms with van der Waals surface area (Å²) in [6, 6.07) is 46.4. The topological polar surface area (TPSA) is 64.7 Å². The number of furan rings is 1. The monoisotopic (exact) mass is 600 g/mol. The van der Waals surface area contributed by atoms with E-state index in [1.807, 2.05) is 54.6 Å². The van der Waals surface area contributed by atoms with Crippen LogP contribution in [0, 0.1) is 0 Å². The van der Waals surface area contributed by atoms with E-state index in [0.29, 0.717) is 17.5 Å². The van der Waals surface area contributed by atoms with E-state index in [9.17, 15) is 0 Å².